The van der Waals surface area contributed by atoms with Gasteiger partial charge in [-0.15, -0.1) is 0 Å². The lowest BCUT2D eigenvalue weighted by Crippen LogP contribution is -2.28. The molecular formula is C15H17N3O3S. The van der Waals surface area contributed by atoms with E-state index in [9.17, 15) is 13.2 Å². The maximum Gasteiger partial charge on any atom is 0.301 e. The molecule has 0 heterocycles. The van der Waals surface area contributed by atoms with Gasteiger partial charge in [0.2, 0.25) is 0 Å². The van der Waals surface area contributed by atoms with Gasteiger partial charge in [-0.2, -0.15) is 12.7 Å². The zero-order valence-electron chi connectivity index (χ0n) is 12.3. The number of nitrogens with one attached hydrogen (secondary N) is 2. The van der Waals surface area contributed by atoms with Crippen molar-refractivity contribution in [3.05, 3.63) is 60.2 Å². The molecule has 22 heavy (non-hydrogen) atoms. The van der Waals surface area contributed by atoms with E-state index in [1.54, 1.807) is 36.4 Å². The normalized spacial score (nSPS) is 11.2. The van der Waals surface area contributed by atoms with E-state index >= 15 is 0 Å². The lowest BCUT2D eigenvalue weighted by atomic mass is 10.2. The van der Waals surface area contributed by atoms with Crippen LogP contribution >= 0.6 is 0 Å². The number of carbonyl (C=O) groups excluding carboxylic acids is 1. The highest BCUT2D eigenvalue weighted by Gasteiger charge is 2.13. The fourth-order valence-electron chi connectivity index (χ4n) is 1.65. The van der Waals surface area contributed by atoms with E-state index in [1.165, 1.54) is 14.1 Å². The summed E-state index contributed by atoms with van der Waals surface area (Å²) in [7, 11) is -0.681. The standard InChI is InChI=1S/C15H17N3O3S/c1-18(2)22(20,21)17-14-10-8-12(9-11-14)15(19)16-13-6-4-3-5-7-13/h3-11,17H,1-2H3,(H,16,19). The van der Waals surface area contributed by atoms with E-state index in [-0.39, 0.29) is 5.91 Å². The summed E-state index contributed by atoms with van der Waals surface area (Å²) in [5.74, 6) is -0.256. The van der Waals surface area contributed by atoms with Crippen molar-refractivity contribution >= 4 is 27.5 Å². The molecule has 0 fully saturated rings. The summed E-state index contributed by atoms with van der Waals surface area (Å²) in [4.78, 5) is 12.1. The SMILES string of the molecule is CN(C)S(=O)(=O)Nc1ccc(C(=O)Nc2ccccc2)cc1. The third kappa shape index (κ3) is 4.06. The molecular weight excluding hydrogens is 302 g/mol. The summed E-state index contributed by atoms with van der Waals surface area (Å²) in [6, 6.07) is 15.3. The average molecular weight is 319 g/mol. The summed E-state index contributed by atoms with van der Waals surface area (Å²) in [6.07, 6.45) is 0. The molecule has 1 amide bonds. The first kappa shape index (κ1) is 16.0. The smallest absolute Gasteiger partial charge is 0.301 e. The van der Waals surface area contributed by atoms with Crippen molar-refractivity contribution in [2.75, 3.05) is 24.1 Å². The number of para-hydroxylation sites is 1. The first-order chi connectivity index (χ1) is 10.4. The minimum atomic E-state index is -3.55. The fourth-order valence-corrected chi connectivity index (χ4v) is 2.27. The number of anilines is 2. The number of benzene rings is 2. The second-order valence-electron chi connectivity index (χ2n) is 4.79. The highest BCUT2D eigenvalue weighted by molar-refractivity contribution is 7.90. The van der Waals surface area contributed by atoms with Gasteiger partial charge in [-0.3, -0.25) is 9.52 Å². The van der Waals surface area contributed by atoms with Crippen molar-refractivity contribution in [1.82, 2.24) is 4.31 Å². The van der Waals surface area contributed by atoms with Crippen LogP contribution in [0.1, 0.15) is 10.4 Å². The molecule has 0 unspecified atom stereocenters. The van der Waals surface area contributed by atoms with Crippen LogP contribution in [0, 0.1) is 0 Å². The number of hydrogen-bond donors (Lipinski definition) is 2. The van der Waals surface area contributed by atoms with Gasteiger partial charge in [-0.25, -0.2) is 0 Å². The predicted octanol–water partition coefficient (Wildman–Crippen LogP) is 2.16. The molecule has 2 aromatic rings. The first-order valence-corrected chi connectivity index (χ1v) is 7.99. The lowest BCUT2D eigenvalue weighted by Gasteiger charge is -2.13. The lowest BCUT2D eigenvalue weighted by molar-refractivity contribution is 0.102. The second kappa shape index (κ2) is 6.59. The molecule has 2 rings (SSSR count). The van der Waals surface area contributed by atoms with Gasteiger partial charge >= 0.3 is 10.2 Å². The van der Waals surface area contributed by atoms with Gasteiger partial charge < -0.3 is 5.32 Å². The molecule has 116 valence electrons. The van der Waals surface area contributed by atoms with Gasteiger partial charge in [0, 0.05) is 31.0 Å². The summed E-state index contributed by atoms with van der Waals surface area (Å²) in [5.41, 5.74) is 1.53. The molecule has 0 atom stereocenters. The Labute approximate surface area is 130 Å². The van der Waals surface area contributed by atoms with Gasteiger partial charge in [0.1, 0.15) is 0 Å². The topological polar surface area (TPSA) is 78.5 Å². The van der Waals surface area contributed by atoms with Crippen LogP contribution in [0.3, 0.4) is 0 Å². The van der Waals surface area contributed by atoms with Crippen LogP contribution in [0.5, 0.6) is 0 Å². The van der Waals surface area contributed by atoms with Crippen LogP contribution in [-0.2, 0) is 10.2 Å². The number of nitrogens with zero attached hydrogens (tertiary/aromatic N) is 1. The van der Waals surface area contributed by atoms with Crippen molar-refractivity contribution < 1.29 is 13.2 Å². The summed E-state index contributed by atoms with van der Waals surface area (Å²) in [6.45, 7) is 0. The van der Waals surface area contributed by atoms with Crippen LogP contribution in [0.25, 0.3) is 0 Å². The molecule has 7 heteroatoms. The minimum absolute atomic E-state index is 0.256. The zero-order chi connectivity index (χ0) is 16.2. The predicted molar refractivity (Wildman–Crippen MR) is 87.1 cm³/mol. The van der Waals surface area contributed by atoms with E-state index in [2.05, 4.69) is 10.0 Å². The molecule has 2 N–H and O–H groups in total. The Balaban J connectivity index is 2.07. The summed E-state index contributed by atoms with van der Waals surface area (Å²) >= 11 is 0. The first-order valence-electron chi connectivity index (χ1n) is 6.55. The largest absolute Gasteiger partial charge is 0.322 e. The Hall–Kier alpha value is -2.38. The highest BCUT2D eigenvalue weighted by atomic mass is 32.2. The van der Waals surface area contributed by atoms with Gasteiger partial charge in [-0.05, 0) is 36.4 Å². The number of rotatable bonds is 5. The van der Waals surface area contributed by atoms with E-state index in [0.29, 0.717) is 16.9 Å². The Morgan fingerprint density at radius 3 is 2.05 bits per heavy atom. The van der Waals surface area contributed by atoms with Crippen LogP contribution in [0.2, 0.25) is 0 Å². The van der Waals surface area contributed by atoms with Crippen LogP contribution < -0.4 is 10.0 Å². The van der Waals surface area contributed by atoms with Gasteiger partial charge in [-0.1, -0.05) is 18.2 Å². The van der Waals surface area contributed by atoms with Crippen molar-refractivity contribution in [3.8, 4) is 0 Å². The van der Waals surface area contributed by atoms with Gasteiger partial charge in [0.25, 0.3) is 5.91 Å². The molecule has 0 saturated heterocycles. The van der Waals surface area contributed by atoms with Crippen molar-refractivity contribution in [2.45, 2.75) is 0 Å². The number of hydrogen-bond acceptors (Lipinski definition) is 3. The molecule has 0 aliphatic heterocycles. The quantitative estimate of drug-likeness (QED) is 0.886. The third-order valence-electron chi connectivity index (χ3n) is 2.91. The van der Waals surface area contributed by atoms with Gasteiger partial charge in [0.05, 0.1) is 0 Å². The highest BCUT2D eigenvalue weighted by Crippen LogP contribution is 2.14. The Kier molecular flexibility index (Phi) is 4.79. The van der Waals surface area contributed by atoms with E-state index in [1.807, 2.05) is 18.2 Å². The molecule has 0 aliphatic rings. The van der Waals surface area contributed by atoms with Crippen molar-refractivity contribution in [3.63, 3.8) is 0 Å². The number of amides is 1. The minimum Gasteiger partial charge on any atom is -0.322 e. The third-order valence-corrected chi connectivity index (χ3v) is 4.36. The second-order valence-corrected chi connectivity index (χ2v) is 6.67. The van der Waals surface area contributed by atoms with E-state index in [0.717, 1.165) is 4.31 Å². The van der Waals surface area contributed by atoms with Crippen LogP contribution in [-0.4, -0.2) is 32.7 Å². The van der Waals surface area contributed by atoms with Gasteiger partial charge in [0.15, 0.2) is 0 Å². The fraction of sp³-hybridized carbons (Fsp3) is 0.133. The van der Waals surface area contributed by atoms with E-state index < -0.39 is 10.2 Å². The van der Waals surface area contributed by atoms with Crippen molar-refractivity contribution in [2.24, 2.45) is 0 Å². The Morgan fingerprint density at radius 1 is 0.909 bits per heavy atom. The van der Waals surface area contributed by atoms with Crippen LogP contribution in [0.15, 0.2) is 54.6 Å². The molecule has 0 radical (unpaired) electrons. The Bertz CT molecular complexity index is 741. The van der Waals surface area contributed by atoms with Crippen LogP contribution in [0.4, 0.5) is 11.4 Å². The number of carbonyl (C=O) groups is 1. The monoisotopic (exact) mass is 319 g/mol. The molecule has 6 nitrogen and oxygen atoms in total. The zero-order valence-corrected chi connectivity index (χ0v) is 13.1. The van der Waals surface area contributed by atoms with E-state index in [4.69, 9.17) is 0 Å². The average Bonchev–Trinajstić information content (AvgIpc) is 2.48. The molecule has 0 spiro atoms. The molecule has 0 bridgehead atoms. The molecule has 2 aromatic carbocycles. The molecule has 0 aromatic heterocycles. The maximum atomic E-state index is 12.1. The maximum absolute atomic E-state index is 12.1. The molecule has 0 saturated carbocycles. The summed E-state index contributed by atoms with van der Waals surface area (Å²) in [5, 5.41) is 2.76. The molecule has 0 aliphatic carbocycles. The van der Waals surface area contributed by atoms with Crippen molar-refractivity contribution in [1.29, 1.82) is 0 Å². The Morgan fingerprint density at radius 2 is 1.50 bits per heavy atom. The summed E-state index contributed by atoms with van der Waals surface area (Å²) < 4.78 is 26.9.